The minimum absolute atomic E-state index is 0.312. The minimum atomic E-state index is 0.312. The number of guanidine groups is 1. The molecule has 0 radical (unpaired) electrons. The molecular formula is C11H17N3S. The van der Waals surface area contributed by atoms with E-state index in [-0.39, 0.29) is 0 Å². The summed E-state index contributed by atoms with van der Waals surface area (Å²) < 4.78 is 0. The Hall–Kier alpha value is -1.03. The molecule has 0 aliphatic heterocycles. The van der Waals surface area contributed by atoms with Crippen molar-refractivity contribution in [3.05, 3.63) is 22.4 Å². The van der Waals surface area contributed by atoms with E-state index in [1.165, 1.54) is 17.7 Å². The molecule has 0 bridgehead atoms. The third-order valence-corrected chi connectivity index (χ3v) is 3.80. The maximum atomic E-state index is 5.95. The fraction of sp³-hybridized carbons (Fsp3) is 0.545. The van der Waals surface area contributed by atoms with Crippen molar-refractivity contribution in [1.82, 2.24) is 4.90 Å². The molecule has 82 valence electrons. The number of aliphatic imine (C=N–C) groups is 1. The maximum absolute atomic E-state index is 5.95. The van der Waals surface area contributed by atoms with E-state index in [1.54, 1.807) is 11.3 Å². The average molecular weight is 223 g/mol. The summed E-state index contributed by atoms with van der Waals surface area (Å²) in [5.74, 6) is 0.665. The van der Waals surface area contributed by atoms with Gasteiger partial charge < -0.3 is 10.6 Å². The average Bonchev–Trinajstić information content (AvgIpc) is 2.86. The fourth-order valence-corrected chi connectivity index (χ4v) is 2.23. The van der Waals surface area contributed by atoms with Gasteiger partial charge in [-0.3, -0.25) is 0 Å². The minimum Gasteiger partial charge on any atom is -0.370 e. The molecule has 1 saturated carbocycles. The Labute approximate surface area is 94.6 Å². The normalized spacial score (nSPS) is 18.9. The molecule has 0 spiro atoms. The van der Waals surface area contributed by atoms with Crippen LogP contribution >= 0.6 is 11.3 Å². The van der Waals surface area contributed by atoms with Crippen LogP contribution in [-0.2, 0) is 0 Å². The lowest BCUT2D eigenvalue weighted by Crippen LogP contribution is -2.36. The van der Waals surface area contributed by atoms with Crippen LogP contribution in [0.2, 0.25) is 0 Å². The van der Waals surface area contributed by atoms with E-state index in [0.29, 0.717) is 18.0 Å². The van der Waals surface area contributed by atoms with Gasteiger partial charge in [0.1, 0.15) is 0 Å². The maximum Gasteiger partial charge on any atom is 0.191 e. The highest BCUT2D eigenvalue weighted by Crippen LogP contribution is 2.26. The summed E-state index contributed by atoms with van der Waals surface area (Å²) in [6, 6.07) is 5.00. The van der Waals surface area contributed by atoms with Crippen molar-refractivity contribution in [3.63, 3.8) is 0 Å². The van der Waals surface area contributed by atoms with Crippen molar-refractivity contribution in [3.8, 4) is 0 Å². The van der Waals surface area contributed by atoms with Gasteiger partial charge in [0.05, 0.1) is 12.1 Å². The Bertz CT molecular complexity index is 341. The largest absolute Gasteiger partial charge is 0.370 e. The zero-order chi connectivity index (χ0) is 10.8. The Morgan fingerprint density at radius 3 is 2.93 bits per heavy atom. The van der Waals surface area contributed by atoms with Crippen molar-refractivity contribution in [2.45, 2.75) is 31.8 Å². The smallest absolute Gasteiger partial charge is 0.191 e. The first-order valence-electron chi connectivity index (χ1n) is 5.28. The van der Waals surface area contributed by atoms with Crippen LogP contribution in [0.1, 0.15) is 30.7 Å². The van der Waals surface area contributed by atoms with Gasteiger partial charge in [-0.25, -0.2) is 4.99 Å². The molecule has 1 atom stereocenters. The van der Waals surface area contributed by atoms with Crippen LogP contribution in [0.25, 0.3) is 0 Å². The second-order valence-electron chi connectivity index (χ2n) is 4.02. The fourth-order valence-electron chi connectivity index (χ4n) is 1.40. The SMILES string of the molecule is CC(c1cccs1)N(C)C(N)=NC1CC1. The van der Waals surface area contributed by atoms with Crippen molar-refractivity contribution in [2.24, 2.45) is 10.7 Å². The lowest BCUT2D eigenvalue weighted by molar-refractivity contribution is 0.402. The predicted octanol–water partition coefficient (Wildman–Crippen LogP) is 2.22. The number of thiophene rings is 1. The van der Waals surface area contributed by atoms with Gasteiger partial charge in [-0.2, -0.15) is 0 Å². The van der Waals surface area contributed by atoms with Gasteiger partial charge in [-0.05, 0) is 31.2 Å². The molecular weight excluding hydrogens is 206 g/mol. The topological polar surface area (TPSA) is 41.6 Å². The number of nitrogens with two attached hydrogens (primary N) is 1. The summed E-state index contributed by atoms with van der Waals surface area (Å²) >= 11 is 1.76. The van der Waals surface area contributed by atoms with E-state index in [0.717, 1.165) is 0 Å². The molecule has 1 unspecified atom stereocenters. The lowest BCUT2D eigenvalue weighted by Gasteiger charge is -2.24. The van der Waals surface area contributed by atoms with E-state index >= 15 is 0 Å². The summed E-state index contributed by atoms with van der Waals surface area (Å²) in [5.41, 5.74) is 5.95. The molecule has 0 saturated heterocycles. The number of hydrogen-bond acceptors (Lipinski definition) is 2. The molecule has 2 N–H and O–H groups in total. The van der Waals surface area contributed by atoms with Crippen LogP contribution in [0.4, 0.5) is 0 Å². The molecule has 0 amide bonds. The first-order chi connectivity index (χ1) is 7.18. The molecule has 1 aliphatic rings. The van der Waals surface area contributed by atoms with Crippen LogP contribution in [0.3, 0.4) is 0 Å². The second kappa shape index (κ2) is 4.23. The summed E-state index contributed by atoms with van der Waals surface area (Å²) in [5, 5.41) is 2.09. The summed E-state index contributed by atoms with van der Waals surface area (Å²) in [4.78, 5) is 7.82. The molecule has 15 heavy (non-hydrogen) atoms. The Kier molecular flexibility index (Phi) is 2.95. The van der Waals surface area contributed by atoms with Gasteiger partial charge in [0.2, 0.25) is 0 Å². The zero-order valence-corrected chi connectivity index (χ0v) is 10.00. The van der Waals surface area contributed by atoms with Gasteiger partial charge in [-0.15, -0.1) is 11.3 Å². The first kappa shape index (κ1) is 10.5. The van der Waals surface area contributed by atoms with Crippen molar-refractivity contribution in [2.75, 3.05) is 7.05 Å². The lowest BCUT2D eigenvalue weighted by atomic mass is 10.2. The molecule has 1 fully saturated rings. The van der Waals surface area contributed by atoms with Gasteiger partial charge >= 0.3 is 0 Å². The van der Waals surface area contributed by atoms with Crippen LogP contribution in [0.15, 0.2) is 22.5 Å². The highest BCUT2D eigenvalue weighted by atomic mass is 32.1. The van der Waals surface area contributed by atoms with E-state index < -0.39 is 0 Å². The summed E-state index contributed by atoms with van der Waals surface area (Å²) in [6.45, 7) is 2.15. The highest BCUT2D eigenvalue weighted by Gasteiger charge is 2.22. The van der Waals surface area contributed by atoms with Crippen molar-refractivity contribution < 1.29 is 0 Å². The molecule has 1 aliphatic carbocycles. The molecule has 4 heteroatoms. The monoisotopic (exact) mass is 223 g/mol. The Morgan fingerprint density at radius 2 is 2.40 bits per heavy atom. The Balaban J connectivity index is 2.03. The molecule has 3 nitrogen and oxygen atoms in total. The van der Waals surface area contributed by atoms with Crippen molar-refractivity contribution in [1.29, 1.82) is 0 Å². The number of rotatable bonds is 3. The van der Waals surface area contributed by atoms with Crippen LogP contribution in [0.5, 0.6) is 0 Å². The zero-order valence-electron chi connectivity index (χ0n) is 9.18. The van der Waals surface area contributed by atoms with E-state index in [4.69, 9.17) is 5.73 Å². The van der Waals surface area contributed by atoms with Crippen LogP contribution in [-0.4, -0.2) is 23.9 Å². The highest BCUT2D eigenvalue weighted by molar-refractivity contribution is 7.10. The van der Waals surface area contributed by atoms with Crippen LogP contribution < -0.4 is 5.73 Å². The van der Waals surface area contributed by atoms with Crippen LogP contribution in [0, 0.1) is 0 Å². The molecule has 1 heterocycles. The van der Waals surface area contributed by atoms with Gasteiger partial charge in [-0.1, -0.05) is 6.07 Å². The molecule has 0 aromatic carbocycles. The molecule has 1 aromatic rings. The standard InChI is InChI=1S/C11H17N3S/c1-8(10-4-3-7-15-10)14(2)11(12)13-9-5-6-9/h3-4,7-9H,5-6H2,1-2H3,(H2,12,13). The second-order valence-corrected chi connectivity index (χ2v) is 5.00. The van der Waals surface area contributed by atoms with Gasteiger partial charge in [0.25, 0.3) is 0 Å². The number of nitrogens with zero attached hydrogens (tertiary/aromatic N) is 2. The summed E-state index contributed by atoms with van der Waals surface area (Å²) in [6.07, 6.45) is 2.39. The third-order valence-electron chi connectivity index (χ3n) is 2.76. The third kappa shape index (κ3) is 2.50. The van der Waals surface area contributed by atoms with E-state index in [9.17, 15) is 0 Å². The summed E-state index contributed by atoms with van der Waals surface area (Å²) in [7, 11) is 2.01. The Morgan fingerprint density at radius 1 is 1.67 bits per heavy atom. The van der Waals surface area contributed by atoms with Crippen molar-refractivity contribution >= 4 is 17.3 Å². The number of hydrogen-bond donors (Lipinski definition) is 1. The van der Waals surface area contributed by atoms with E-state index in [2.05, 4.69) is 29.4 Å². The molecule has 2 rings (SSSR count). The van der Waals surface area contributed by atoms with Gasteiger partial charge in [0.15, 0.2) is 5.96 Å². The molecule has 1 aromatic heterocycles. The predicted molar refractivity (Wildman–Crippen MR) is 65.1 cm³/mol. The van der Waals surface area contributed by atoms with Gasteiger partial charge in [0, 0.05) is 11.9 Å². The quantitative estimate of drug-likeness (QED) is 0.630. The van der Waals surface area contributed by atoms with E-state index in [1.807, 2.05) is 11.9 Å². The first-order valence-corrected chi connectivity index (χ1v) is 6.16.